The minimum Gasteiger partial charge on any atom is -0.369 e. The van der Waals surface area contributed by atoms with Crippen LogP contribution in [0.25, 0.3) is 0 Å². The van der Waals surface area contributed by atoms with Gasteiger partial charge in [-0.05, 0) is 12.0 Å². The van der Waals surface area contributed by atoms with Crippen LogP contribution in [-0.2, 0) is 12.0 Å². The van der Waals surface area contributed by atoms with Gasteiger partial charge in [0, 0.05) is 5.56 Å². The Bertz CT molecular complexity index is 406. The molecule has 0 radical (unpaired) electrons. The molecule has 0 saturated heterocycles. The zero-order valence-corrected chi connectivity index (χ0v) is 9.23. The number of halogens is 6. The molecule has 0 saturated carbocycles. The molecule has 0 aliphatic heterocycles. The van der Waals surface area contributed by atoms with E-state index in [-0.39, 0.29) is 12.0 Å². The topological polar surface area (TPSA) is 20.2 Å². The van der Waals surface area contributed by atoms with Crippen molar-refractivity contribution in [1.82, 2.24) is 0 Å². The highest BCUT2D eigenvalue weighted by molar-refractivity contribution is 5.31. The van der Waals surface area contributed by atoms with Crippen molar-refractivity contribution in [3.05, 3.63) is 35.4 Å². The minimum absolute atomic E-state index is 0.264. The van der Waals surface area contributed by atoms with E-state index in [1.807, 2.05) is 0 Å². The fourth-order valence-electron chi connectivity index (χ4n) is 1.50. The van der Waals surface area contributed by atoms with Gasteiger partial charge in [-0.2, -0.15) is 26.3 Å². The molecule has 0 aliphatic carbocycles. The van der Waals surface area contributed by atoms with Crippen molar-refractivity contribution in [3.63, 3.8) is 0 Å². The molecule has 0 heterocycles. The lowest BCUT2D eigenvalue weighted by molar-refractivity contribution is -0.376. The highest BCUT2D eigenvalue weighted by Gasteiger charge is 2.71. The predicted octanol–water partition coefficient (Wildman–Crippen LogP) is 3.56. The van der Waals surface area contributed by atoms with Gasteiger partial charge in [-0.15, -0.1) is 0 Å². The lowest BCUT2D eigenvalue weighted by Gasteiger charge is -2.32. The largest absolute Gasteiger partial charge is 0.430 e. The van der Waals surface area contributed by atoms with Gasteiger partial charge in [0.2, 0.25) is 0 Å². The van der Waals surface area contributed by atoms with Gasteiger partial charge in [0.05, 0.1) is 0 Å². The molecule has 1 rings (SSSR count). The Morgan fingerprint density at radius 3 is 1.89 bits per heavy atom. The molecule has 0 spiro atoms. The average molecular weight is 272 g/mol. The fourth-order valence-corrected chi connectivity index (χ4v) is 1.50. The van der Waals surface area contributed by atoms with Crippen molar-refractivity contribution in [1.29, 1.82) is 0 Å². The van der Waals surface area contributed by atoms with E-state index in [0.717, 1.165) is 6.07 Å². The maximum atomic E-state index is 12.6. The molecule has 18 heavy (non-hydrogen) atoms. The predicted molar refractivity (Wildman–Crippen MR) is 51.8 cm³/mol. The summed E-state index contributed by atoms with van der Waals surface area (Å²) in [6, 6.07) is 3.76. The molecule has 0 aromatic heterocycles. The van der Waals surface area contributed by atoms with Gasteiger partial charge in [0.25, 0.3) is 5.60 Å². The molecule has 1 aromatic rings. The molecular formula is C11H10F6O. The SMILES string of the molecule is CCc1cccc(C(O)(C(F)(F)F)C(F)(F)F)c1. The third-order valence-corrected chi connectivity index (χ3v) is 2.57. The Balaban J connectivity index is 3.45. The lowest BCUT2D eigenvalue weighted by Crippen LogP contribution is -2.53. The van der Waals surface area contributed by atoms with E-state index in [1.165, 1.54) is 6.07 Å². The molecule has 1 nitrogen and oxygen atoms in total. The summed E-state index contributed by atoms with van der Waals surface area (Å²) in [6.07, 6.45) is -11.4. The molecule has 7 heteroatoms. The molecular weight excluding hydrogens is 262 g/mol. The second-order valence-electron chi connectivity index (χ2n) is 3.76. The van der Waals surface area contributed by atoms with Crippen LogP contribution in [0.3, 0.4) is 0 Å². The number of benzene rings is 1. The van der Waals surface area contributed by atoms with Gasteiger partial charge in [-0.25, -0.2) is 0 Å². The zero-order valence-electron chi connectivity index (χ0n) is 9.23. The van der Waals surface area contributed by atoms with E-state index >= 15 is 0 Å². The first-order valence-corrected chi connectivity index (χ1v) is 4.99. The van der Waals surface area contributed by atoms with Crippen molar-refractivity contribution in [2.75, 3.05) is 0 Å². The van der Waals surface area contributed by atoms with Crippen LogP contribution in [0.5, 0.6) is 0 Å². The normalized spacial score (nSPS) is 13.8. The summed E-state index contributed by atoms with van der Waals surface area (Å²) < 4.78 is 75.3. The van der Waals surface area contributed by atoms with Gasteiger partial charge in [-0.1, -0.05) is 31.2 Å². The Morgan fingerprint density at radius 1 is 1.00 bits per heavy atom. The number of alkyl halides is 6. The number of hydrogen-bond donors (Lipinski definition) is 1. The third kappa shape index (κ3) is 2.31. The second kappa shape index (κ2) is 4.46. The quantitative estimate of drug-likeness (QED) is 0.816. The highest BCUT2D eigenvalue weighted by Crippen LogP contribution is 2.50. The smallest absolute Gasteiger partial charge is 0.369 e. The molecule has 0 bridgehead atoms. The van der Waals surface area contributed by atoms with Crippen LogP contribution in [0.1, 0.15) is 18.1 Å². The summed E-state index contributed by atoms with van der Waals surface area (Å²) >= 11 is 0. The van der Waals surface area contributed by atoms with Crippen LogP contribution < -0.4 is 0 Å². The van der Waals surface area contributed by atoms with Gasteiger partial charge in [-0.3, -0.25) is 0 Å². The number of aryl methyl sites for hydroxylation is 1. The summed E-state index contributed by atoms with van der Waals surface area (Å²) in [5.74, 6) is 0. The van der Waals surface area contributed by atoms with Crippen molar-refractivity contribution in [2.24, 2.45) is 0 Å². The Kier molecular flexibility index (Phi) is 3.67. The van der Waals surface area contributed by atoms with Crippen molar-refractivity contribution in [2.45, 2.75) is 31.3 Å². The van der Waals surface area contributed by atoms with E-state index in [0.29, 0.717) is 12.1 Å². The van der Waals surface area contributed by atoms with E-state index in [9.17, 15) is 26.3 Å². The van der Waals surface area contributed by atoms with Crippen LogP contribution in [-0.4, -0.2) is 17.5 Å². The van der Waals surface area contributed by atoms with E-state index in [1.54, 1.807) is 6.92 Å². The third-order valence-electron chi connectivity index (χ3n) is 2.57. The van der Waals surface area contributed by atoms with Crippen LogP contribution in [0, 0.1) is 0 Å². The van der Waals surface area contributed by atoms with E-state index in [4.69, 9.17) is 5.11 Å². The first-order valence-electron chi connectivity index (χ1n) is 4.99. The molecule has 0 amide bonds. The van der Waals surface area contributed by atoms with Crippen molar-refractivity contribution >= 4 is 0 Å². The molecule has 0 fully saturated rings. The number of hydrogen-bond acceptors (Lipinski definition) is 1. The molecule has 1 aromatic carbocycles. The molecule has 1 N–H and O–H groups in total. The lowest BCUT2D eigenvalue weighted by atomic mass is 9.90. The summed E-state index contributed by atoms with van der Waals surface area (Å²) in [6.45, 7) is 1.58. The van der Waals surface area contributed by atoms with Crippen LogP contribution in [0.2, 0.25) is 0 Å². The van der Waals surface area contributed by atoms with Gasteiger partial charge in [0.1, 0.15) is 0 Å². The van der Waals surface area contributed by atoms with E-state index < -0.39 is 23.5 Å². The first kappa shape index (κ1) is 14.8. The second-order valence-corrected chi connectivity index (χ2v) is 3.76. The van der Waals surface area contributed by atoms with Crippen LogP contribution in [0.15, 0.2) is 24.3 Å². The summed E-state index contributed by atoms with van der Waals surface area (Å²) in [5.41, 5.74) is -5.79. The summed E-state index contributed by atoms with van der Waals surface area (Å²) in [5, 5.41) is 9.13. The average Bonchev–Trinajstić information content (AvgIpc) is 2.25. The van der Waals surface area contributed by atoms with Crippen molar-refractivity contribution < 1.29 is 31.4 Å². The van der Waals surface area contributed by atoms with Crippen LogP contribution >= 0.6 is 0 Å². The monoisotopic (exact) mass is 272 g/mol. The maximum absolute atomic E-state index is 12.6. The molecule has 0 unspecified atom stereocenters. The maximum Gasteiger partial charge on any atom is 0.430 e. The Morgan fingerprint density at radius 2 is 1.50 bits per heavy atom. The zero-order chi connectivity index (χ0) is 14.2. The molecule has 0 aliphatic rings. The summed E-state index contributed by atoms with van der Waals surface area (Å²) in [7, 11) is 0. The highest BCUT2D eigenvalue weighted by atomic mass is 19.4. The van der Waals surface area contributed by atoms with Gasteiger partial charge < -0.3 is 5.11 Å². The Labute approximate surface area is 99.0 Å². The van der Waals surface area contributed by atoms with Gasteiger partial charge in [0.15, 0.2) is 0 Å². The van der Waals surface area contributed by atoms with Crippen LogP contribution in [0.4, 0.5) is 26.3 Å². The van der Waals surface area contributed by atoms with Crippen molar-refractivity contribution in [3.8, 4) is 0 Å². The summed E-state index contributed by atoms with van der Waals surface area (Å²) in [4.78, 5) is 0. The fraction of sp³-hybridized carbons (Fsp3) is 0.455. The molecule has 0 atom stereocenters. The minimum atomic E-state index is -5.84. The number of rotatable bonds is 2. The first-order chi connectivity index (χ1) is 8.04. The van der Waals surface area contributed by atoms with Gasteiger partial charge >= 0.3 is 12.4 Å². The standard InChI is InChI=1S/C11H10F6O/c1-2-7-4-3-5-8(6-7)9(18,10(12,13)14)11(15,16)17/h3-6,18H,2H2,1H3. The number of aliphatic hydroxyl groups is 1. The molecule has 102 valence electrons. The van der Waals surface area contributed by atoms with E-state index in [2.05, 4.69) is 0 Å². The Hall–Kier alpha value is -1.24.